The molecule has 1 heterocycles. The Bertz CT molecular complexity index is 498. The van der Waals surface area contributed by atoms with Crippen molar-refractivity contribution in [3.05, 3.63) is 24.3 Å². The molecule has 0 saturated carbocycles. The van der Waals surface area contributed by atoms with Crippen LogP contribution in [0.1, 0.15) is 0 Å². The summed E-state index contributed by atoms with van der Waals surface area (Å²) in [6.07, 6.45) is 0. The van der Waals surface area contributed by atoms with E-state index >= 15 is 0 Å². The van der Waals surface area contributed by atoms with Crippen molar-refractivity contribution in [2.45, 2.75) is 0 Å². The maximum Gasteiger partial charge on any atom is 0.313 e. The number of hydrogen-bond donors (Lipinski definition) is 2. The van der Waals surface area contributed by atoms with E-state index in [4.69, 9.17) is 9.47 Å². The van der Waals surface area contributed by atoms with Gasteiger partial charge < -0.3 is 20.1 Å². The molecule has 120 valence electrons. The minimum Gasteiger partial charge on any atom is -0.497 e. The van der Waals surface area contributed by atoms with E-state index in [-0.39, 0.29) is 0 Å². The summed E-state index contributed by atoms with van der Waals surface area (Å²) in [6, 6.07) is 6.79. The largest absolute Gasteiger partial charge is 0.497 e. The fourth-order valence-electron chi connectivity index (χ4n) is 2.09. The van der Waals surface area contributed by atoms with E-state index in [1.807, 2.05) is 0 Å². The highest BCUT2D eigenvalue weighted by atomic mass is 16.5. The Hall–Kier alpha value is -2.12. The van der Waals surface area contributed by atoms with Crippen LogP contribution in [-0.2, 0) is 14.3 Å². The third-order valence-corrected chi connectivity index (χ3v) is 3.37. The number of carbonyl (C=O) groups is 2. The second-order valence-electron chi connectivity index (χ2n) is 4.89. The molecule has 2 N–H and O–H groups in total. The van der Waals surface area contributed by atoms with E-state index in [0.717, 1.165) is 13.1 Å². The number of morpholine rings is 1. The smallest absolute Gasteiger partial charge is 0.313 e. The van der Waals surface area contributed by atoms with Crippen molar-refractivity contribution in [1.29, 1.82) is 0 Å². The molecular weight excluding hydrogens is 286 g/mol. The lowest BCUT2D eigenvalue weighted by atomic mass is 10.3. The maximum absolute atomic E-state index is 11.8. The summed E-state index contributed by atoms with van der Waals surface area (Å²) >= 11 is 0. The first-order valence-electron chi connectivity index (χ1n) is 7.22. The first-order valence-corrected chi connectivity index (χ1v) is 7.22. The van der Waals surface area contributed by atoms with Crippen molar-refractivity contribution in [2.75, 3.05) is 51.8 Å². The molecule has 1 aliphatic heterocycles. The van der Waals surface area contributed by atoms with E-state index in [1.54, 1.807) is 31.4 Å². The number of hydrogen-bond acceptors (Lipinski definition) is 5. The van der Waals surface area contributed by atoms with Gasteiger partial charge in [0, 0.05) is 31.9 Å². The number of amides is 2. The number of nitrogens with zero attached hydrogens (tertiary/aromatic N) is 1. The highest BCUT2D eigenvalue weighted by molar-refractivity contribution is 6.39. The molecule has 0 bridgehead atoms. The van der Waals surface area contributed by atoms with Crippen molar-refractivity contribution in [1.82, 2.24) is 10.2 Å². The van der Waals surface area contributed by atoms with E-state index in [0.29, 0.717) is 37.7 Å². The van der Waals surface area contributed by atoms with Crippen LogP contribution < -0.4 is 15.4 Å². The molecule has 7 heteroatoms. The van der Waals surface area contributed by atoms with Crippen LogP contribution in [0.3, 0.4) is 0 Å². The third kappa shape index (κ3) is 5.01. The van der Waals surface area contributed by atoms with Crippen LogP contribution in [0.25, 0.3) is 0 Å². The van der Waals surface area contributed by atoms with E-state index in [1.165, 1.54) is 0 Å². The first kappa shape index (κ1) is 16.3. The molecule has 0 unspecified atom stereocenters. The zero-order valence-corrected chi connectivity index (χ0v) is 12.6. The highest BCUT2D eigenvalue weighted by Gasteiger charge is 2.15. The van der Waals surface area contributed by atoms with Gasteiger partial charge in [-0.2, -0.15) is 0 Å². The number of ether oxygens (including phenoxy) is 2. The van der Waals surface area contributed by atoms with E-state index in [9.17, 15) is 9.59 Å². The van der Waals surface area contributed by atoms with Crippen molar-refractivity contribution >= 4 is 17.5 Å². The van der Waals surface area contributed by atoms with E-state index < -0.39 is 11.8 Å². The lowest BCUT2D eigenvalue weighted by Crippen LogP contribution is -2.43. The molecule has 1 fully saturated rings. The van der Waals surface area contributed by atoms with Gasteiger partial charge in [-0.3, -0.25) is 14.5 Å². The van der Waals surface area contributed by atoms with Crippen LogP contribution in [0, 0.1) is 0 Å². The zero-order chi connectivity index (χ0) is 15.8. The zero-order valence-electron chi connectivity index (χ0n) is 12.6. The van der Waals surface area contributed by atoms with Gasteiger partial charge in [0.05, 0.1) is 20.3 Å². The second kappa shape index (κ2) is 8.35. The molecule has 2 amide bonds. The first-order chi connectivity index (χ1) is 10.7. The molecule has 1 aromatic carbocycles. The fourth-order valence-corrected chi connectivity index (χ4v) is 2.09. The van der Waals surface area contributed by atoms with Crippen LogP contribution in [0.5, 0.6) is 5.75 Å². The minimum atomic E-state index is -0.674. The summed E-state index contributed by atoms with van der Waals surface area (Å²) in [7, 11) is 1.56. The van der Waals surface area contributed by atoms with Crippen LogP contribution in [0.15, 0.2) is 24.3 Å². The molecule has 7 nitrogen and oxygen atoms in total. The quantitative estimate of drug-likeness (QED) is 0.753. The Balaban J connectivity index is 1.70. The van der Waals surface area contributed by atoms with E-state index in [2.05, 4.69) is 15.5 Å². The van der Waals surface area contributed by atoms with Gasteiger partial charge in [0.1, 0.15) is 5.75 Å². The number of carbonyl (C=O) groups excluding carboxylic acids is 2. The Morgan fingerprint density at radius 1 is 1.18 bits per heavy atom. The lowest BCUT2D eigenvalue weighted by molar-refractivity contribution is -0.136. The molecule has 22 heavy (non-hydrogen) atoms. The van der Waals surface area contributed by atoms with Crippen molar-refractivity contribution < 1.29 is 19.1 Å². The van der Waals surface area contributed by atoms with Gasteiger partial charge in [0.15, 0.2) is 0 Å². The Morgan fingerprint density at radius 3 is 2.50 bits per heavy atom. The van der Waals surface area contributed by atoms with Gasteiger partial charge in [-0.25, -0.2) is 0 Å². The number of benzene rings is 1. The summed E-state index contributed by atoms with van der Waals surface area (Å²) in [5.41, 5.74) is 0.550. The SMILES string of the molecule is COc1ccc(NC(=O)C(=O)NCCN2CCOCC2)cc1. The normalized spacial score (nSPS) is 15.1. The van der Waals surface area contributed by atoms with Crippen LogP contribution in [-0.4, -0.2) is 63.2 Å². The molecule has 0 radical (unpaired) electrons. The lowest BCUT2D eigenvalue weighted by Gasteiger charge is -2.26. The molecule has 2 rings (SSSR count). The summed E-state index contributed by atoms with van der Waals surface area (Å²) in [6.45, 7) is 4.29. The predicted molar refractivity (Wildman–Crippen MR) is 81.9 cm³/mol. The van der Waals surface area contributed by atoms with Gasteiger partial charge in [0.25, 0.3) is 0 Å². The van der Waals surface area contributed by atoms with Crippen LogP contribution in [0.2, 0.25) is 0 Å². The molecule has 1 aromatic rings. The topological polar surface area (TPSA) is 79.9 Å². The number of nitrogens with one attached hydrogen (secondary N) is 2. The van der Waals surface area contributed by atoms with Gasteiger partial charge in [0.2, 0.25) is 0 Å². The molecule has 0 aliphatic carbocycles. The van der Waals surface area contributed by atoms with Crippen LogP contribution >= 0.6 is 0 Å². The second-order valence-corrected chi connectivity index (χ2v) is 4.89. The molecule has 0 spiro atoms. The van der Waals surface area contributed by atoms with Gasteiger partial charge in [-0.1, -0.05) is 0 Å². The molecular formula is C15H21N3O4. The Morgan fingerprint density at radius 2 is 1.86 bits per heavy atom. The Labute approximate surface area is 129 Å². The van der Waals surface area contributed by atoms with Crippen molar-refractivity contribution in [2.24, 2.45) is 0 Å². The molecule has 0 aromatic heterocycles. The Kier molecular flexibility index (Phi) is 6.17. The number of rotatable bonds is 5. The van der Waals surface area contributed by atoms with Crippen molar-refractivity contribution in [3.63, 3.8) is 0 Å². The predicted octanol–water partition coefficient (Wildman–Crippen LogP) is 0.0821. The third-order valence-electron chi connectivity index (χ3n) is 3.37. The highest BCUT2D eigenvalue weighted by Crippen LogP contribution is 2.14. The molecule has 1 saturated heterocycles. The maximum atomic E-state index is 11.8. The average molecular weight is 307 g/mol. The minimum absolute atomic E-state index is 0.439. The van der Waals surface area contributed by atoms with Gasteiger partial charge in [-0.15, -0.1) is 0 Å². The summed E-state index contributed by atoms with van der Waals surface area (Å²) in [5, 5.41) is 5.16. The number of anilines is 1. The van der Waals surface area contributed by atoms with Gasteiger partial charge >= 0.3 is 11.8 Å². The fraction of sp³-hybridized carbons (Fsp3) is 0.467. The number of methoxy groups -OCH3 is 1. The summed E-state index contributed by atoms with van der Waals surface area (Å²) in [5.74, 6) is -0.621. The monoisotopic (exact) mass is 307 g/mol. The average Bonchev–Trinajstić information content (AvgIpc) is 2.56. The summed E-state index contributed by atoms with van der Waals surface area (Å²) < 4.78 is 10.3. The van der Waals surface area contributed by atoms with Gasteiger partial charge in [-0.05, 0) is 24.3 Å². The van der Waals surface area contributed by atoms with Crippen LogP contribution in [0.4, 0.5) is 5.69 Å². The molecule has 1 aliphatic rings. The van der Waals surface area contributed by atoms with Crippen molar-refractivity contribution in [3.8, 4) is 5.75 Å². The summed E-state index contributed by atoms with van der Waals surface area (Å²) in [4.78, 5) is 25.7. The molecule has 0 atom stereocenters. The standard InChI is InChI=1S/C15H21N3O4/c1-21-13-4-2-12(3-5-13)17-15(20)14(19)16-6-7-18-8-10-22-11-9-18/h2-5H,6-11H2,1H3,(H,16,19)(H,17,20).